The van der Waals surface area contributed by atoms with Gasteiger partial charge in [-0.3, -0.25) is 0 Å². The zero-order chi connectivity index (χ0) is 19.3. The summed E-state index contributed by atoms with van der Waals surface area (Å²) in [7, 11) is -1.86. The van der Waals surface area contributed by atoms with E-state index in [2.05, 4.69) is 9.62 Å². The van der Waals surface area contributed by atoms with Gasteiger partial charge in [0.05, 0.1) is 18.6 Å². The smallest absolute Gasteiger partial charge is 0.240 e. The Morgan fingerprint density at radius 2 is 1.74 bits per heavy atom. The highest BCUT2D eigenvalue weighted by Gasteiger charge is 2.24. The molecule has 1 saturated heterocycles. The summed E-state index contributed by atoms with van der Waals surface area (Å²) in [5, 5.41) is 0. The molecule has 1 unspecified atom stereocenters. The van der Waals surface area contributed by atoms with Crippen LogP contribution >= 0.6 is 0 Å². The summed E-state index contributed by atoms with van der Waals surface area (Å²) in [4.78, 5) is 2.53. The molecule has 146 valence electrons. The first-order valence-electron chi connectivity index (χ1n) is 9.13. The van der Waals surface area contributed by atoms with Crippen LogP contribution in [0.3, 0.4) is 0 Å². The Labute approximate surface area is 161 Å². The maximum atomic E-state index is 12.5. The van der Waals surface area contributed by atoms with E-state index in [9.17, 15) is 8.42 Å². The molecule has 0 radical (unpaired) electrons. The number of nitrogens with one attached hydrogen (secondary N) is 1. The molecule has 27 heavy (non-hydrogen) atoms. The van der Waals surface area contributed by atoms with Gasteiger partial charge in [0.15, 0.2) is 0 Å². The summed E-state index contributed by atoms with van der Waals surface area (Å²) in [6, 6.07) is 14.5. The summed E-state index contributed by atoms with van der Waals surface area (Å²) >= 11 is 0. The van der Waals surface area contributed by atoms with Crippen molar-refractivity contribution in [2.75, 3.05) is 38.3 Å². The fourth-order valence-corrected chi connectivity index (χ4v) is 4.34. The molecular weight excluding hydrogens is 364 g/mol. The Bertz CT molecular complexity index is 835. The lowest BCUT2D eigenvalue weighted by atomic mass is 10.1. The molecule has 2 aromatic rings. The number of ether oxygens (including phenoxy) is 2. The zero-order valence-electron chi connectivity index (χ0n) is 15.7. The van der Waals surface area contributed by atoms with Gasteiger partial charge in [-0.15, -0.1) is 0 Å². The zero-order valence-corrected chi connectivity index (χ0v) is 16.5. The number of anilines is 1. The normalized spacial score (nSPS) is 17.1. The van der Waals surface area contributed by atoms with Crippen LogP contribution in [0.1, 0.15) is 13.3 Å². The summed E-state index contributed by atoms with van der Waals surface area (Å²) in [6.07, 6.45) is 0.956. The maximum absolute atomic E-state index is 12.5. The van der Waals surface area contributed by atoms with Crippen molar-refractivity contribution in [1.29, 1.82) is 0 Å². The molecule has 1 aliphatic heterocycles. The molecule has 1 fully saturated rings. The van der Waals surface area contributed by atoms with Crippen molar-refractivity contribution in [3.8, 4) is 11.5 Å². The first-order chi connectivity index (χ1) is 13.0. The Hall–Kier alpha value is -2.25. The molecule has 0 saturated carbocycles. The number of hydrogen-bond acceptors (Lipinski definition) is 5. The molecule has 3 rings (SSSR count). The average molecular weight is 391 g/mol. The van der Waals surface area contributed by atoms with Gasteiger partial charge in [-0.1, -0.05) is 0 Å². The highest BCUT2D eigenvalue weighted by Crippen LogP contribution is 2.26. The van der Waals surface area contributed by atoms with Crippen LogP contribution in [0.4, 0.5) is 5.69 Å². The number of rotatable bonds is 8. The quantitative estimate of drug-likeness (QED) is 0.751. The maximum Gasteiger partial charge on any atom is 0.240 e. The Balaban J connectivity index is 1.55. The second-order valence-electron chi connectivity index (χ2n) is 6.56. The molecule has 1 N–H and O–H groups in total. The van der Waals surface area contributed by atoms with Crippen molar-refractivity contribution in [3.63, 3.8) is 0 Å². The molecule has 7 heteroatoms. The number of hydrogen-bond donors (Lipinski definition) is 1. The fourth-order valence-electron chi connectivity index (χ4n) is 3.22. The van der Waals surface area contributed by atoms with Gasteiger partial charge < -0.3 is 14.4 Å². The van der Waals surface area contributed by atoms with Gasteiger partial charge in [0, 0.05) is 25.3 Å². The first-order valence-corrected chi connectivity index (χ1v) is 10.6. The molecule has 0 bridgehead atoms. The fraction of sp³-hybridized carbons (Fsp3) is 0.400. The second kappa shape index (κ2) is 8.63. The van der Waals surface area contributed by atoms with Crippen molar-refractivity contribution < 1.29 is 17.9 Å². The van der Waals surface area contributed by atoms with Crippen LogP contribution in [-0.4, -0.2) is 41.8 Å². The van der Waals surface area contributed by atoms with Gasteiger partial charge in [-0.05, 0) is 67.8 Å². The van der Waals surface area contributed by atoms with E-state index in [1.54, 1.807) is 31.4 Å². The molecular formula is C20H26N2O4S. The second-order valence-corrected chi connectivity index (χ2v) is 8.32. The van der Waals surface area contributed by atoms with E-state index in [4.69, 9.17) is 9.47 Å². The van der Waals surface area contributed by atoms with E-state index in [1.807, 2.05) is 31.2 Å². The summed E-state index contributed by atoms with van der Waals surface area (Å²) in [6.45, 7) is 4.63. The summed E-state index contributed by atoms with van der Waals surface area (Å²) < 4.78 is 38.3. The third-order valence-corrected chi connectivity index (χ3v) is 6.17. The van der Waals surface area contributed by atoms with Gasteiger partial charge in [-0.2, -0.15) is 0 Å². The molecule has 0 aliphatic carbocycles. The minimum atomic E-state index is -3.51. The standard InChI is InChI=1S/C20H26N2O4S/c1-3-26-19-8-10-20(11-9-19)27(23,24)21-14-16-12-13-22(15-16)17-4-6-18(25-2)7-5-17/h4-11,16,21H,3,12-15H2,1-2H3. The van der Waals surface area contributed by atoms with Gasteiger partial charge >= 0.3 is 0 Å². The van der Waals surface area contributed by atoms with Crippen LogP contribution in [0.15, 0.2) is 53.4 Å². The largest absolute Gasteiger partial charge is 0.497 e. The van der Waals surface area contributed by atoms with Crippen LogP contribution in [0, 0.1) is 5.92 Å². The third kappa shape index (κ3) is 4.93. The lowest BCUT2D eigenvalue weighted by Gasteiger charge is -2.19. The molecule has 2 aromatic carbocycles. The van der Waals surface area contributed by atoms with Gasteiger partial charge in [-0.25, -0.2) is 13.1 Å². The third-order valence-electron chi connectivity index (χ3n) is 4.73. The monoisotopic (exact) mass is 390 g/mol. The van der Waals surface area contributed by atoms with E-state index in [0.29, 0.717) is 18.9 Å². The first kappa shape index (κ1) is 19.5. The molecule has 0 spiro atoms. The molecule has 6 nitrogen and oxygen atoms in total. The van der Waals surface area contributed by atoms with Crippen molar-refractivity contribution in [2.45, 2.75) is 18.2 Å². The van der Waals surface area contributed by atoms with E-state index >= 15 is 0 Å². The van der Waals surface area contributed by atoms with Crippen LogP contribution < -0.4 is 19.1 Å². The van der Waals surface area contributed by atoms with Crippen LogP contribution in [-0.2, 0) is 10.0 Å². The van der Waals surface area contributed by atoms with E-state index < -0.39 is 10.0 Å². The highest BCUT2D eigenvalue weighted by molar-refractivity contribution is 7.89. The number of methoxy groups -OCH3 is 1. The Morgan fingerprint density at radius 1 is 1.07 bits per heavy atom. The minimum absolute atomic E-state index is 0.260. The summed E-state index contributed by atoms with van der Waals surface area (Å²) in [5.41, 5.74) is 1.13. The van der Waals surface area contributed by atoms with Crippen molar-refractivity contribution in [1.82, 2.24) is 4.72 Å². The lowest BCUT2D eigenvalue weighted by molar-refractivity contribution is 0.340. The SMILES string of the molecule is CCOc1ccc(S(=O)(=O)NCC2CCN(c3ccc(OC)cc3)C2)cc1. The van der Waals surface area contributed by atoms with Crippen LogP contribution in [0.5, 0.6) is 11.5 Å². The van der Waals surface area contributed by atoms with Crippen molar-refractivity contribution >= 4 is 15.7 Å². The van der Waals surface area contributed by atoms with Crippen molar-refractivity contribution in [2.24, 2.45) is 5.92 Å². The predicted molar refractivity (Wildman–Crippen MR) is 106 cm³/mol. The Morgan fingerprint density at radius 3 is 2.37 bits per heavy atom. The van der Waals surface area contributed by atoms with E-state index in [1.165, 1.54) is 0 Å². The molecule has 1 atom stereocenters. The van der Waals surface area contributed by atoms with E-state index in [-0.39, 0.29) is 10.8 Å². The number of benzene rings is 2. The average Bonchev–Trinajstić information content (AvgIpc) is 3.16. The molecule has 0 aromatic heterocycles. The topological polar surface area (TPSA) is 67.9 Å². The highest BCUT2D eigenvalue weighted by atomic mass is 32.2. The lowest BCUT2D eigenvalue weighted by Crippen LogP contribution is -2.31. The molecule has 0 amide bonds. The Kier molecular flexibility index (Phi) is 6.23. The van der Waals surface area contributed by atoms with Crippen molar-refractivity contribution in [3.05, 3.63) is 48.5 Å². The van der Waals surface area contributed by atoms with Gasteiger partial charge in [0.1, 0.15) is 11.5 Å². The van der Waals surface area contributed by atoms with Crippen LogP contribution in [0.2, 0.25) is 0 Å². The van der Waals surface area contributed by atoms with Gasteiger partial charge in [0.2, 0.25) is 10.0 Å². The number of sulfonamides is 1. The number of nitrogens with zero attached hydrogens (tertiary/aromatic N) is 1. The molecule has 1 heterocycles. The minimum Gasteiger partial charge on any atom is -0.497 e. The van der Waals surface area contributed by atoms with Crippen LogP contribution in [0.25, 0.3) is 0 Å². The van der Waals surface area contributed by atoms with Gasteiger partial charge in [0.25, 0.3) is 0 Å². The predicted octanol–water partition coefficient (Wildman–Crippen LogP) is 2.90. The van der Waals surface area contributed by atoms with E-state index in [0.717, 1.165) is 30.9 Å². The summed E-state index contributed by atoms with van der Waals surface area (Å²) in [5.74, 6) is 1.78. The molecule has 1 aliphatic rings.